The molecular weight excluding hydrogens is 286 g/mol. The summed E-state index contributed by atoms with van der Waals surface area (Å²) in [5.74, 6) is 0.461. The standard InChI is InChI=1S/C15H19N3O2S/c1-3-5-11-6-8-12(9-7-11)20-10-13(19)16-15-18-17-14(4-2)21-15/h6-9H,3-5,10H2,1-2H3,(H,16,18,19). The molecule has 5 nitrogen and oxygen atoms in total. The first-order valence-electron chi connectivity index (χ1n) is 7.05. The maximum atomic E-state index is 11.8. The van der Waals surface area contributed by atoms with Gasteiger partial charge in [-0.2, -0.15) is 0 Å². The number of nitrogens with one attached hydrogen (secondary N) is 1. The fourth-order valence-corrected chi connectivity index (χ4v) is 2.49. The zero-order valence-electron chi connectivity index (χ0n) is 12.3. The minimum Gasteiger partial charge on any atom is -0.484 e. The van der Waals surface area contributed by atoms with Crippen LogP contribution in [0.25, 0.3) is 0 Å². The maximum absolute atomic E-state index is 11.8. The van der Waals surface area contributed by atoms with Crippen LogP contribution < -0.4 is 10.1 Å². The average Bonchev–Trinajstić information content (AvgIpc) is 2.94. The highest BCUT2D eigenvalue weighted by atomic mass is 32.1. The van der Waals surface area contributed by atoms with Crippen molar-refractivity contribution in [1.29, 1.82) is 0 Å². The molecule has 0 spiro atoms. The number of amides is 1. The molecule has 21 heavy (non-hydrogen) atoms. The van der Waals surface area contributed by atoms with Gasteiger partial charge < -0.3 is 4.74 Å². The van der Waals surface area contributed by atoms with Crippen molar-refractivity contribution in [2.24, 2.45) is 0 Å². The molecule has 0 unspecified atom stereocenters. The monoisotopic (exact) mass is 305 g/mol. The van der Waals surface area contributed by atoms with Gasteiger partial charge in [0.2, 0.25) is 5.13 Å². The van der Waals surface area contributed by atoms with Crippen LogP contribution in [0, 0.1) is 0 Å². The van der Waals surface area contributed by atoms with E-state index in [0.717, 1.165) is 24.3 Å². The third-order valence-corrected chi connectivity index (χ3v) is 3.83. The van der Waals surface area contributed by atoms with Gasteiger partial charge in [0.1, 0.15) is 10.8 Å². The van der Waals surface area contributed by atoms with Crippen molar-refractivity contribution in [1.82, 2.24) is 10.2 Å². The Hall–Kier alpha value is -1.95. The summed E-state index contributed by atoms with van der Waals surface area (Å²) in [6.45, 7) is 4.11. The molecule has 0 aliphatic carbocycles. The van der Waals surface area contributed by atoms with Crippen LogP contribution in [0.5, 0.6) is 5.75 Å². The number of ether oxygens (including phenoxy) is 1. The van der Waals surface area contributed by atoms with Gasteiger partial charge in [-0.05, 0) is 30.5 Å². The van der Waals surface area contributed by atoms with Crippen LogP contribution >= 0.6 is 11.3 Å². The van der Waals surface area contributed by atoms with E-state index < -0.39 is 0 Å². The van der Waals surface area contributed by atoms with E-state index in [1.165, 1.54) is 16.9 Å². The van der Waals surface area contributed by atoms with E-state index in [0.29, 0.717) is 10.9 Å². The van der Waals surface area contributed by atoms with E-state index in [4.69, 9.17) is 4.74 Å². The molecule has 6 heteroatoms. The van der Waals surface area contributed by atoms with E-state index in [1.807, 2.05) is 31.2 Å². The molecule has 2 aromatic rings. The summed E-state index contributed by atoms with van der Waals surface area (Å²) in [6, 6.07) is 7.82. The molecule has 0 radical (unpaired) electrons. The zero-order chi connectivity index (χ0) is 15.1. The average molecular weight is 305 g/mol. The smallest absolute Gasteiger partial charge is 0.264 e. The lowest BCUT2D eigenvalue weighted by Gasteiger charge is -2.06. The minimum atomic E-state index is -0.230. The minimum absolute atomic E-state index is 0.0336. The lowest BCUT2D eigenvalue weighted by atomic mass is 10.1. The molecule has 1 aromatic heterocycles. The second-order valence-corrected chi connectivity index (χ2v) is 5.65. The van der Waals surface area contributed by atoms with Crippen molar-refractivity contribution >= 4 is 22.4 Å². The SMILES string of the molecule is CCCc1ccc(OCC(=O)Nc2nnc(CC)s2)cc1. The normalized spacial score (nSPS) is 10.4. The first kappa shape index (κ1) is 15.4. The second-order valence-electron chi connectivity index (χ2n) is 4.59. The summed E-state index contributed by atoms with van der Waals surface area (Å²) in [7, 11) is 0. The number of hydrogen-bond acceptors (Lipinski definition) is 5. The molecule has 0 atom stereocenters. The Labute approximate surface area is 128 Å². The summed E-state index contributed by atoms with van der Waals surface area (Å²) >= 11 is 1.38. The van der Waals surface area contributed by atoms with Crippen molar-refractivity contribution in [3.05, 3.63) is 34.8 Å². The maximum Gasteiger partial charge on any atom is 0.264 e. The van der Waals surface area contributed by atoms with Gasteiger partial charge in [0.25, 0.3) is 5.91 Å². The fourth-order valence-electron chi connectivity index (χ4n) is 1.79. The molecule has 1 amide bonds. The van der Waals surface area contributed by atoms with Crippen LogP contribution in [0.1, 0.15) is 30.8 Å². The highest BCUT2D eigenvalue weighted by Crippen LogP contribution is 2.16. The Morgan fingerprint density at radius 2 is 2.00 bits per heavy atom. The molecule has 0 bridgehead atoms. The summed E-state index contributed by atoms with van der Waals surface area (Å²) in [6.07, 6.45) is 2.98. The van der Waals surface area contributed by atoms with Crippen LogP contribution in [0.2, 0.25) is 0 Å². The summed E-state index contributed by atoms with van der Waals surface area (Å²) in [4.78, 5) is 11.8. The van der Waals surface area contributed by atoms with E-state index in [-0.39, 0.29) is 12.5 Å². The zero-order valence-corrected chi connectivity index (χ0v) is 13.1. The summed E-state index contributed by atoms with van der Waals surface area (Å²) < 4.78 is 5.45. The molecule has 112 valence electrons. The highest BCUT2D eigenvalue weighted by Gasteiger charge is 2.08. The highest BCUT2D eigenvalue weighted by molar-refractivity contribution is 7.15. The van der Waals surface area contributed by atoms with Gasteiger partial charge in [-0.3, -0.25) is 10.1 Å². The topological polar surface area (TPSA) is 64.1 Å². The quantitative estimate of drug-likeness (QED) is 0.854. The molecule has 0 saturated heterocycles. The second kappa shape index (κ2) is 7.73. The van der Waals surface area contributed by atoms with Gasteiger partial charge >= 0.3 is 0 Å². The Balaban J connectivity index is 1.80. The van der Waals surface area contributed by atoms with Crippen molar-refractivity contribution in [2.75, 3.05) is 11.9 Å². The number of hydrogen-bond donors (Lipinski definition) is 1. The third-order valence-electron chi connectivity index (χ3n) is 2.85. The predicted molar refractivity (Wildman–Crippen MR) is 83.8 cm³/mol. The van der Waals surface area contributed by atoms with Gasteiger partial charge in [0.05, 0.1) is 0 Å². The van der Waals surface area contributed by atoms with Crippen molar-refractivity contribution in [3.63, 3.8) is 0 Å². The predicted octanol–water partition coefficient (Wildman–Crippen LogP) is 3.07. The number of rotatable bonds is 7. The van der Waals surface area contributed by atoms with E-state index >= 15 is 0 Å². The van der Waals surface area contributed by atoms with Gasteiger partial charge in [-0.15, -0.1) is 10.2 Å². The molecule has 1 aromatic carbocycles. The van der Waals surface area contributed by atoms with Crippen LogP contribution in [0.15, 0.2) is 24.3 Å². The van der Waals surface area contributed by atoms with Crippen molar-refractivity contribution in [3.8, 4) is 5.75 Å². The molecule has 0 fully saturated rings. The molecule has 1 N–H and O–H groups in total. The number of carbonyl (C=O) groups excluding carboxylic acids is 1. The van der Waals surface area contributed by atoms with Gasteiger partial charge in [-0.25, -0.2) is 0 Å². The molecule has 0 aliphatic heterocycles. The molecule has 0 aliphatic rings. The van der Waals surface area contributed by atoms with Crippen LogP contribution in [0.4, 0.5) is 5.13 Å². The summed E-state index contributed by atoms with van der Waals surface area (Å²) in [5.41, 5.74) is 1.27. The third kappa shape index (κ3) is 4.82. The number of aromatic nitrogens is 2. The Morgan fingerprint density at radius 3 is 2.62 bits per heavy atom. The number of aryl methyl sites for hydroxylation is 2. The van der Waals surface area contributed by atoms with Crippen LogP contribution in [-0.2, 0) is 17.6 Å². The number of anilines is 1. The Bertz CT molecular complexity index is 581. The molecule has 2 rings (SSSR count). The summed E-state index contributed by atoms with van der Waals surface area (Å²) in [5, 5.41) is 11.9. The van der Waals surface area contributed by atoms with Crippen LogP contribution in [-0.4, -0.2) is 22.7 Å². The number of carbonyl (C=O) groups is 1. The molecule has 1 heterocycles. The van der Waals surface area contributed by atoms with E-state index in [1.54, 1.807) is 0 Å². The van der Waals surface area contributed by atoms with Gasteiger partial charge in [0.15, 0.2) is 6.61 Å². The Kier molecular flexibility index (Phi) is 5.68. The lowest BCUT2D eigenvalue weighted by molar-refractivity contribution is -0.118. The largest absolute Gasteiger partial charge is 0.484 e. The fraction of sp³-hybridized carbons (Fsp3) is 0.400. The van der Waals surface area contributed by atoms with E-state index in [9.17, 15) is 4.79 Å². The van der Waals surface area contributed by atoms with E-state index in [2.05, 4.69) is 22.4 Å². The number of nitrogens with zero attached hydrogens (tertiary/aromatic N) is 2. The van der Waals surface area contributed by atoms with Gasteiger partial charge in [0, 0.05) is 0 Å². The number of benzene rings is 1. The van der Waals surface area contributed by atoms with Crippen LogP contribution in [0.3, 0.4) is 0 Å². The first-order valence-corrected chi connectivity index (χ1v) is 7.87. The molecular formula is C15H19N3O2S. The lowest BCUT2D eigenvalue weighted by Crippen LogP contribution is -2.20. The molecule has 0 saturated carbocycles. The van der Waals surface area contributed by atoms with Crippen molar-refractivity contribution < 1.29 is 9.53 Å². The van der Waals surface area contributed by atoms with Crippen molar-refractivity contribution in [2.45, 2.75) is 33.1 Å². The first-order chi connectivity index (χ1) is 10.2. The Morgan fingerprint density at radius 1 is 1.24 bits per heavy atom. The van der Waals surface area contributed by atoms with Gasteiger partial charge in [-0.1, -0.05) is 43.7 Å².